The molecule has 1 atom stereocenters. The average Bonchev–Trinajstić information content (AvgIpc) is 3.11. The van der Waals surface area contributed by atoms with Crippen molar-refractivity contribution in [3.05, 3.63) is 82.8 Å². The molecule has 0 amide bonds. The van der Waals surface area contributed by atoms with E-state index in [1.54, 1.807) is 24.4 Å². The van der Waals surface area contributed by atoms with Crippen LogP contribution in [0.3, 0.4) is 0 Å². The average molecular weight is 438 g/mol. The lowest BCUT2D eigenvalue weighted by Gasteiger charge is -2.14. The maximum absolute atomic E-state index is 13.2. The first kappa shape index (κ1) is 18.3. The SMILES string of the molecule is C[C@H](Nc1nccc(-c2nc(-c3ccc(F)cc3)[nH]c2Br)n1)c1ccccc1. The van der Waals surface area contributed by atoms with Gasteiger partial charge in [0, 0.05) is 11.8 Å². The molecule has 2 aromatic carbocycles. The van der Waals surface area contributed by atoms with Gasteiger partial charge in [-0.15, -0.1) is 0 Å². The molecule has 0 aliphatic heterocycles. The van der Waals surface area contributed by atoms with Crippen molar-refractivity contribution in [3.8, 4) is 22.8 Å². The van der Waals surface area contributed by atoms with E-state index in [1.807, 2.05) is 18.2 Å². The third kappa shape index (κ3) is 3.94. The Morgan fingerprint density at radius 3 is 2.50 bits per heavy atom. The predicted molar refractivity (Wildman–Crippen MR) is 111 cm³/mol. The summed E-state index contributed by atoms with van der Waals surface area (Å²) in [5, 5.41) is 3.32. The number of hydrogen-bond acceptors (Lipinski definition) is 4. The molecule has 0 saturated carbocycles. The number of benzene rings is 2. The quantitative estimate of drug-likeness (QED) is 0.425. The topological polar surface area (TPSA) is 66.5 Å². The summed E-state index contributed by atoms with van der Waals surface area (Å²) in [5.74, 6) is 0.869. The smallest absolute Gasteiger partial charge is 0.223 e. The molecule has 0 unspecified atom stereocenters. The van der Waals surface area contributed by atoms with Crippen molar-refractivity contribution in [1.82, 2.24) is 19.9 Å². The molecule has 2 N–H and O–H groups in total. The number of aromatic amines is 1. The Morgan fingerprint density at radius 1 is 1.00 bits per heavy atom. The maximum atomic E-state index is 13.2. The minimum Gasteiger partial charge on any atom is -0.348 e. The molecule has 0 fully saturated rings. The van der Waals surface area contributed by atoms with E-state index in [4.69, 9.17) is 0 Å². The van der Waals surface area contributed by atoms with Gasteiger partial charge in [-0.1, -0.05) is 30.3 Å². The van der Waals surface area contributed by atoms with Gasteiger partial charge in [0.1, 0.15) is 21.9 Å². The van der Waals surface area contributed by atoms with Gasteiger partial charge in [0.2, 0.25) is 5.95 Å². The molecule has 0 spiro atoms. The van der Waals surface area contributed by atoms with Crippen LogP contribution in [0.15, 0.2) is 71.5 Å². The summed E-state index contributed by atoms with van der Waals surface area (Å²) < 4.78 is 13.9. The van der Waals surface area contributed by atoms with Crippen molar-refractivity contribution in [3.63, 3.8) is 0 Å². The third-order valence-corrected chi connectivity index (χ3v) is 4.89. The molecule has 4 aromatic rings. The Kier molecular flexibility index (Phi) is 5.16. The van der Waals surface area contributed by atoms with E-state index in [1.165, 1.54) is 12.1 Å². The van der Waals surface area contributed by atoms with Crippen molar-refractivity contribution >= 4 is 21.9 Å². The van der Waals surface area contributed by atoms with E-state index >= 15 is 0 Å². The van der Waals surface area contributed by atoms with E-state index in [0.29, 0.717) is 27.8 Å². The predicted octanol–water partition coefficient (Wildman–Crippen LogP) is 5.61. The zero-order valence-electron chi connectivity index (χ0n) is 15.0. The molecule has 0 aliphatic carbocycles. The summed E-state index contributed by atoms with van der Waals surface area (Å²) in [6, 6.07) is 18.1. The normalized spacial score (nSPS) is 12.0. The molecule has 28 heavy (non-hydrogen) atoms. The first-order chi connectivity index (χ1) is 13.6. The zero-order valence-corrected chi connectivity index (χ0v) is 16.6. The number of rotatable bonds is 5. The fourth-order valence-electron chi connectivity index (χ4n) is 2.85. The van der Waals surface area contributed by atoms with Crippen LogP contribution < -0.4 is 5.32 Å². The van der Waals surface area contributed by atoms with E-state index in [-0.39, 0.29) is 11.9 Å². The molecule has 2 heterocycles. The number of H-pyrrole nitrogens is 1. The summed E-state index contributed by atoms with van der Waals surface area (Å²) in [6.07, 6.45) is 1.70. The second kappa shape index (κ2) is 7.90. The summed E-state index contributed by atoms with van der Waals surface area (Å²) >= 11 is 3.50. The number of halogens is 2. The lowest BCUT2D eigenvalue weighted by atomic mass is 10.1. The Bertz CT molecular complexity index is 1080. The van der Waals surface area contributed by atoms with Crippen LogP contribution in [0.1, 0.15) is 18.5 Å². The van der Waals surface area contributed by atoms with Crippen molar-refractivity contribution in [2.45, 2.75) is 13.0 Å². The second-order valence-corrected chi connectivity index (χ2v) is 7.09. The van der Waals surface area contributed by atoms with Crippen LogP contribution in [0.2, 0.25) is 0 Å². The highest BCUT2D eigenvalue weighted by Gasteiger charge is 2.14. The lowest BCUT2D eigenvalue weighted by molar-refractivity contribution is 0.628. The molecular weight excluding hydrogens is 421 g/mol. The molecule has 0 bridgehead atoms. The van der Waals surface area contributed by atoms with Gasteiger partial charge in [0.25, 0.3) is 0 Å². The fraction of sp³-hybridized carbons (Fsp3) is 0.0952. The largest absolute Gasteiger partial charge is 0.348 e. The summed E-state index contributed by atoms with van der Waals surface area (Å²) in [5.41, 5.74) is 3.28. The standard InChI is InChI=1S/C21H17BrFN5/c1-13(14-5-3-2-4-6-14)25-21-24-12-11-17(26-21)18-19(22)28-20(27-18)15-7-9-16(23)10-8-15/h2-13H,1H3,(H,27,28)(H,24,25,26)/t13-/m0/s1. The van der Waals surface area contributed by atoms with Gasteiger partial charge in [-0.25, -0.2) is 19.3 Å². The van der Waals surface area contributed by atoms with Crippen molar-refractivity contribution in [1.29, 1.82) is 0 Å². The molecule has 0 aliphatic rings. The number of anilines is 1. The minimum atomic E-state index is -0.284. The number of aromatic nitrogens is 4. The highest BCUT2D eigenvalue weighted by atomic mass is 79.9. The monoisotopic (exact) mass is 437 g/mol. The van der Waals surface area contributed by atoms with Crippen LogP contribution in [0, 0.1) is 5.82 Å². The Balaban J connectivity index is 1.60. The highest BCUT2D eigenvalue weighted by Crippen LogP contribution is 2.29. The molecule has 2 aromatic heterocycles. The molecule has 7 heteroatoms. The van der Waals surface area contributed by atoms with Crippen LogP contribution in [0.4, 0.5) is 10.3 Å². The van der Waals surface area contributed by atoms with Gasteiger partial charge in [-0.3, -0.25) is 0 Å². The van der Waals surface area contributed by atoms with E-state index in [2.05, 4.69) is 60.2 Å². The van der Waals surface area contributed by atoms with E-state index in [9.17, 15) is 4.39 Å². The first-order valence-corrected chi connectivity index (χ1v) is 9.56. The van der Waals surface area contributed by atoms with Gasteiger partial charge in [0.05, 0.1) is 11.7 Å². The Labute approximate surface area is 170 Å². The first-order valence-electron chi connectivity index (χ1n) is 8.76. The molecule has 140 valence electrons. The van der Waals surface area contributed by atoms with Crippen LogP contribution in [-0.2, 0) is 0 Å². The molecular formula is C21H17BrFN5. The third-order valence-electron chi connectivity index (χ3n) is 4.32. The van der Waals surface area contributed by atoms with Gasteiger partial charge >= 0.3 is 0 Å². The van der Waals surface area contributed by atoms with Gasteiger partial charge in [-0.2, -0.15) is 0 Å². The zero-order chi connectivity index (χ0) is 19.5. The van der Waals surface area contributed by atoms with Crippen LogP contribution >= 0.6 is 15.9 Å². The van der Waals surface area contributed by atoms with Crippen molar-refractivity contribution in [2.75, 3.05) is 5.32 Å². The van der Waals surface area contributed by atoms with E-state index in [0.717, 1.165) is 11.1 Å². The maximum Gasteiger partial charge on any atom is 0.223 e. The molecule has 5 nitrogen and oxygen atoms in total. The van der Waals surface area contributed by atoms with Gasteiger partial charge < -0.3 is 10.3 Å². The number of nitrogens with one attached hydrogen (secondary N) is 2. The van der Waals surface area contributed by atoms with Crippen LogP contribution in [0.5, 0.6) is 0 Å². The van der Waals surface area contributed by atoms with Crippen molar-refractivity contribution in [2.24, 2.45) is 0 Å². The highest BCUT2D eigenvalue weighted by molar-refractivity contribution is 9.10. The summed E-state index contributed by atoms with van der Waals surface area (Å²) in [7, 11) is 0. The fourth-order valence-corrected chi connectivity index (χ4v) is 3.32. The number of imidazole rings is 1. The molecule has 4 rings (SSSR count). The Morgan fingerprint density at radius 2 is 1.75 bits per heavy atom. The summed E-state index contributed by atoms with van der Waals surface area (Å²) in [6.45, 7) is 2.06. The molecule has 0 radical (unpaired) electrons. The number of hydrogen-bond donors (Lipinski definition) is 2. The van der Waals surface area contributed by atoms with Crippen LogP contribution in [-0.4, -0.2) is 19.9 Å². The van der Waals surface area contributed by atoms with Crippen LogP contribution in [0.25, 0.3) is 22.8 Å². The second-order valence-electron chi connectivity index (χ2n) is 6.30. The van der Waals surface area contributed by atoms with Gasteiger partial charge in [0.15, 0.2) is 0 Å². The lowest BCUT2D eigenvalue weighted by Crippen LogP contribution is -2.09. The summed E-state index contributed by atoms with van der Waals surface area (Å²) in [4.78, 5) is 16.7. The van der Waals surface area contributed by atoms with Gasteiger partial charge in [-0.05, 0) is 58.7 Å². The minimum absolute atomic E-state index is 0.0638. The van der Waals surface area contributed by atoms with Crippen molar-refractivity contribution < 1.29 is 4.39 Å². The number of nitrogens with zero attached hydrogens (tertiary/aromatic N) is 3. The van der Waals surface area contributed by atoms with E-state index < -0.39 is 0 Å². The Hall–Kier alpha value is -3.06. The molecule has 0 saturated heterocycles.